The molecule has 8 aromatic carbocycles. The highest BCUT2D eigenvalue weighted by Gasteiger charge is 2.43. The van der Waals surface area contributed by atoms with Gasteiger partial charge in [0.15, 0.2) is 11.6 Å². The van der Waals surface area contributed by atoms with Crippen molar-refractivity contribution in [2.45, 2.75) is 44.4 Å². The fourth-order valence-corrected chi connectivity index (χ4v) is 12.2. The van der Waals surface area contributed by atoms with Gasteiger partial charge in [-0.05, 0) is 111 Å². The second-order valence-electron chi connectivity index (χ2n) is 20.2. The number of allylic oxidation sites excluding steroid dienone is 5. The fraction of sp³-hybridized carbons (Fsp3) is 0.123. The Balaban J connectivity index is 0.907. The fourth-order valence-electron chi connectivity index (χ4n) is 12.2. The number of furan rings is 1. The van der Waals surface area contributed by atoms with Gasteiger partial charge in [0, 0.05) is 55.1 Å². The zero-order valence-corrected chi connectivity index (χ0v) is 38.9. The Morgan fingerprint density at radius 3 is 2.09 bits per heavy atom. The van der Waals surface area contributed by atoms with E-state index in [1.807, 2.05) is 18.2 Å². The van der Waals surface area contributed by atoms with E-state index in [-0.39, 0.29) is 5.41 Å². The molecular formula is C65H46N4O. The number of hydrogen-bond donors (Lipinski definition) is 0. The minimum atomic E-state index is -0.0166. The molecule has 5 nitrogen and oxygen atoms in total. The van der Waals surface area contributed by atoms with Gasteiger partial charge in [0.1, 0.15) is 11.3 Å². The molecule has 0 radical (unpaired) electrons. The molecule has 0 spiro atoms. The Hall–Kier alpha value is -8.41. The second kappa shape index (κ2) is 14.8. The van der Waals surface area contributed by atoms with Crippen LogP contribution in [0.3, 0.4) is 0 Å². The average molecular weight is 899 g/mol. The van der Waals surface area contributed by atoms with Gasteiger partial charge in [-0.2, -0.15) is 9.97 Å². The molecule has 332 valence electrons. The molecule has 15 rings (SSSR count). The monoisotopic (exact) mass is 898 g/mol. The summed E-state index contributed by atoms with van der Waals surface area (Å²) in [5.74, 6) is 3.95. The quantitative estimate of drug-likeness (QED) is 0.167. The summed E-state index contributed by atoms with van der Waals surface area (Å²) in [6.07, 6.45) is 12.7. The van der Waals surface area contributed by atoms with E-state index in [4.69, 9.17) is 19.4 Å². The number of aromatic nitrogens is 4. The molecule has 70 heavy (non-hydrogen) atoms. The molecule has 4 aliphatic carbocycles. The summed E-state index contributed by atoms with van der Waals surface area (Å²) >= 11 is 0. The summed E-state index contributed by atoms with van der Waals surface area (Å²) in [5, 5.41) is 5.69. The third-order valence-electron chi connectivity index (χ3n) is 15.8. The molecule has 5 heteroatoms. The summed E-state index contributed by atoms with van der Waals surface area (Å²) in [7, 11) is 0. The highest BCUT2D eigenvalue weighted by Crippen LogP contribution is 2.55. The van der Waals surface area contributed by atoms with Gasteiger partial charge in [0.25, 0.3) is 0 Å². The number of hydrogen-bond acceptors (Lipinski definition) is 4. The Morgan fingerprint density at radius 1 is 0.543 bits per heavy atom. The van der Waals surface area contributed by atoms with Crippen molar-refractivity contribution in [1.29, 1.82) is 0 Å². The normalized spacial score (nSPS) is 17.3. The van der Waals surface area contributed by atoms with Gasteiger partial charge in [-0.3, -0.25) is 4.57 Å². The van der Waals surface area contributed by atoms with Crippen molar-refractivity contribution in [3.05, 3.63) is 216 Å². The van der Waals surface area contributed by atoms with Gasteiger partial charge < -0.3 is 4.42 Å². The lowest BCUT2D eigenvalue weighted by Gasteiger charge is -2.24. The third-order valence-corrected chi connectivity index (χ3v) is 15.8. The van der Waals surface area contributed by atoms with E-state index in [1.165, 1.54) is 44.5 Å². The summed E-state index contributed by atoms with van der Waals surface area (Å²) < 4.78 is 8.93. The van der Waals surface area contributed by atoms with Crippen LogP contribution in [0.4, 0.5) is 0 Å². The molecule has 2 atom stereocenters. The number of para-hydroxylation sites is 1. The molecule has 0 saturated heterocycles. The SMILES string of the molecule is CC1(C)C2=C(CCC=C2)c2ccc(-c3cccc(-c4cccc(-c5cccc6c7ccc8ccccc8c7n(-c7nc(-c8ccccc8)nc(-c8ccc9c%10c(oc9c8)C8CC8C=C%10)n7)c56)c4)c3)cc21. The minimum Gasteiger partial charge on any atom is -0.460 e. The number of benzene rings is 8. The lowest BCUT2D eigenvalue weighted by Crippen LogP contribution is -2.16. The maximum Gasteiger partial charge on any atom is 0.238 e. The summed E-state index contributed by atoms with van der Waals surface area (Å²) in [6.45, 7) is 4.76. The van der Waals surface area contributed by atoms with Crippen molar-refractivity contribution in [2.75, 3.05) is 0 Å². The van der Waals surface area contributed by atoms with E-state index < -0.39 is 0 Å². The topological polar surface area (TPSA) is 56.7 Å². The predicted octanol–water partition coefficient (Wildman–Crippen LogP) is 16.7. The zero-order valence-electron chi connectivity index (χ0n) is 38.9. The van der Waals surface area contributed by atoms with Crippen LogP contribution >= 0.6 is 0 Å². The first-order valence-corrected chi connectivity index (χ1v) is 24.7. The van der Waals surface area contributed by atoms with Gasteiger partial charge in [-0.25, -0.2) is 4.98 Å². The van der Waals surface area contributed by atoms with Crippen molar-refractivity contribution in [1.82, 2.24) is 19.5 Å². The van der Waals surface area contributed by atoms with E-state index in [9.17, 15) is 0 Å². The first-order chi connectivity index (χ1) is 34.4. The molecule has 11 aromatic rings. The first kappa shape index (κ1) is 39.6. The Kier molecular flexibility index (Phi) is 8.36. The lowest BCUT2D eigenvalue weighted by molar-refractivity contribution is 0.545. The summed E-state index contributed by atoms with van der Waals surface area (Å²) in [4.78, 5) is 16.1. The highest BCUT2D eigenvalue weighted by molar-refractivity contribution is 6.21. The van der Waals surface area contributed by atoms with Crippen LogP contribution in [0.15, 0.2) is 198 Å². The van der Waals surface area contributed by atoms with Crippen molar-refractivity contribution < 1.29 is 4.42 Å². The van der Waals surface area contributed by atoms with Gasteiger partial charge >= 0.3 is 0 Å². The highest BCUT2D eigenvalue weighted by atomic mass is 16.3. The maximum absolute atomic E-state index is 6.63. The van der Waals surface area contributed by atoms with Crippen molar-refractivity contribution in [3.8, 4) is 62.1 Å². The van der Waals surface area contributed by atoms with E-state index in [1.54, 1.807) is 0 Å². The van der Waals surface area contributed by atoms with E-state index in [2.05, 4.69) is 194 Å². The molecule has 0 bridgehead atoms. The van der Waals surface area contributed by atoms with E-state index in [0.717, 1.165) is 96.4 Å². The molecule has 0 aliphatic heterocycles. The van der Waals surface area contributed by atoms with Crippen LogP contribution in [0.2, 0.25) is 0 Å². The van der Waals surface area contributed by atoms with Gasteiger partial charge in [0.05, 0.1) is 11.0 Å². The van der Waals surface area contributed by atoms with E-state index in [0.29, 0.717) is 29.4 Å². The second-order valence-corrected chi connectivity index (χ2v) is 20.2. The van der Waals surface area contributed by atoms with Crippen molar-refractivity contribution in [3.63, 3.8) is 0 Å². The molecule has 2 unspecified atom stereocenters. The van der Waals surface area contributed by atoms with Crippen LogP contribution in [0.25, 0.3) is 117 Å². The van der Waals surface area contributed by atoms with Crippen LogP contribution in [-0.2, 0) is 5.41 Å². The largest absolute Gasteiger partial charge is 0.460 e. The first-order valence-electron chi connectivity index (χ1n) is 24.7. The Bertz CT molecular complexity index is 4140. The van der Waals surface area contributed by atoms with Crippen LogP contribution < -0.4 is 0 Å². The molecule has 3 heterocycles. The van der Waals surface area contributed by atoms with Crippen molar-refractivity contribution in [2.24, 2.45) is 5.92 Å². The van der Waals surface area contributed by atoms with Crippen LogP contribution in [0, 0.1) is 5.92 Å². The van der Waals surface area contributed by atoms with Crippen LogP contribution in [0.5, 0.6) is 0 Å². The molecule has 4 aliphatic rings. The number of rotatable bonds is 6. The summed E-state index contributed by atoms with van der Waals surface area (Å²) in [5.41, 5.74) is 18.8. The minimum absolute atomic E-state index is 0.0166. The molecule has 1 fully saturated rings. The zero-order chi connectivity index (χ0) is 46.2. The third kappa shape index (κ3) is 5.94. The van der Waals surface area contributed by atoms with Crippen LogP contribution in [-0.4, -0.2) is 19.5 Å². The molecule has 0 amide bonds. The number of nitrogens with zero attached hydrogens (tertiary/aromatic N) is 4. The molecule has 1 saturated carbocycles. The molecular weight excluding hydrogens is 853 g/mol. The summed E-state index contributed by atoms with van der Waals surface area (Å²) in [6, 6.07) is 61.7. The standard InChI is InChI=1S/C65H46N4O/c1-65(2)56-24-9-8-21-49(56)50-29-26-43(36-57(50)65)41-17-10-16-40(33-41)42-18-11-19-44(34-42)48-22-12-23-52-53-31-25-38-13-6-7-20-47(38)59(53)69(60(48)52)64-67-62(39-14-4-3-5-15-39)66-63(68-64)46-28-30-51-54-32-27-45-35-55(45)61(54)70-58(51)37-46/h3-7,9-20,22-34,36-37,45,55H,8,21,35H2,1-2H3. The van der Waals surface area contributed by atoms with Gasteiger partial charge in [0.2, 0.25) is 5.95 Å². The average Bonchev–Trinajstić information content (AvgIpc) is 3.93. The smallest absolute Gasteiger partial charge is 0.238 e. The Labute approximate surface area is 405 Å². The number of fused-ring (bicyclic) bond motifs is 12. The van der Waals surface area contributed by atoms with E-state index >= 15 is 0 Å². The van der Waals surface area contributed by atoms with Gasteiger partial charge in [-0.15, -0.1) is 0 Å². The van der Waals surface area contributed by atoms with Crippen LogP contribution in [0.1, 0.15) is 61.5 Å². The van der Waals surface area contributed by atoms with Crippen molar-refractivity contribution >= 4 is 55.2 Å². The lowest BCUT2D eigenvalue weighted by atomic mass is 9.79. The Morgan fingerprint density at radius 2 is 1.23 bits per heavy atom. The maximum atomic E-state index is 6.63. The predicted molar refractivity (Wildman–Crippen MR) is 287 cm³/mol. The molecule has 3 aromatic heterocycles. The molecule has 0 N–H and O–H groups in total. The van der Waals surface area contributed by atoms with Gasteiger partial charge in [-0.1, -0.05) is 178 Å².